The first kappa shape index (κ1) is 7.63. The van der Waals surface area contributed by atoms with Crippen LogP contribution in [0.3, 0.4) is 0 Å². The Morgan fingerprint density at radius 1 is 1.20 bits per heavy atom. The van der Waals surface area contributed by atoms with E-state index in [4.69, 9.17) is 28.9 Å². The van der Waals surface area contributed by atoms with Gasteiger partial charge in [0.1, 0.15) is 0 Å². The lowest BCUT2D eigenvalue weighted by Gasteiger charge is -1.99. The number of anilines is 1. The fourth-order valence-electron chi connectivity index (χ4n) is 0.543. The van der Waals surface area contributed by atoms with Crippen molar-refractivity contribution in [1.82, 2.24) is 0 Å². The van der Waals surface area contributed by atoms with E-state index in [1.165, 1.54) is 12.1 Å². The minimum Gasteiger partial charge on any atom is -0.395 e. The predicted molar refractivity (Wildman–Crippen MR) is 40.8 cm³/mol. The Kier molecular flexibility index (Phi) is 2.02. The first-order valence-corrected chi connectivity index (χ1v) is 3.27. The Balaban J connectivity index is 3.34. The topological polar surface area (TPSA) is 26.0 Å². The van der Waals surface area contributed by atoms with Gasteiger partial charge in [0.25, 0.3) is 0 Å². The molecule has 0 atom stereocenters. The van der Waals surface area contributed by atoms with Gasteiger partial charge in [0.05, 0.1) is 15.7 Å². The molecule has 0 aliphatic heterocycles. The number of halogens is 3. The average Bonchev–Trinajstić information content (AvgIpc) is 1.93. The predicted octanol–water partition coefficient (Wildman–Crippen LogP) is 2.71. The van der Waals surface area contributed by atoms with E-state index in [1.54, 1.807) is 0 Å². The van der Waals surface area contributed by atoms with Crippen LogP contribution in [0.25, 0.3) is 0 Å². The van der Waals surface area contributed by atoms with E-state index in [9.17, 15) is 4.39 Å². The first-order valence-electron chi connectivity index (χ1n) is 2.52. The molecule has 1 aromatic carbocycles. The fourth-order valence-corrected chi connectivity index (χ4v) is 0.854. The smallest absolute Gasteiger partial charge is 0.166 e. The maximum atomic E-state index is 12.7. The summed E-state index contributed by atoms with van der Waals surface area (Å²) in [5.41, 5.74) is 5.09. The maximum absolute atomic E-state index is 12.7. The lowest BCUT2D eigenvalue weighted by molar-refractivity contribution is 0.633. The molecule has 54 valence electrons. The third-order valence-corrected chi connectivity index (χ3v) is 1.70. The molecule has 0 aliphatic rings. The monoisotopic (exact) mass is 179 g/mol. The summed E-state index contributed by atoms with van der Waals surface area (Å²) in [4.78, 5) is 0. The normalized spacial score (nSPS) is 9.90. The van der Waals surface area contributed by atoms with Gasteiger partial charge >= 0.3 is 0 Å². The molecular weight excluding hydrogens is 176 g/mol. The Labute approximate surface area is 67.5 Å². The molecule has 0 unspecified atom stereocenters. The molecule has 10 heavy (non-hydrogen) atoms. The lowest BCUT2D eigenvalue weighted by Crippen LogP contribution is -1.91. The van der Waals surface area contributed by atoms with Crippen molar-refractivity contribution < 1.29 is 4.39 Å². The van der Waals surface area contributed by atoms with Crippen LogP contribution in [0, 0.1) is 5.82 Å². The molecule has 1 aromatic rings. The van der Waals surface area contributed by atoms with E-state index < -0.39 is 5.82 Å². The molecule has 0 fully saturated rings. The van der Waals surface area contributed by atoms with Gasteiger partial charge in [-0.1, -0.05) is 23.2 Å². The number of hydrogen-bond acceptors (Lipinski definition) is 1. The third-order valence-electron chi connectivity index (χ3n) is 1.08. The van der Waals surface area contributed by atoms with Gasteiger partial charge in [-0.25, -0.2) is 4.39 Å². The van der Waals surface area contributed by atoms with Gasteiger partial charge in [-0.3, -0.25) is 0 Å². The molecule has 0 radical (unpaired) electrons. The second-order valence-electron chi connectivity index (χ2n) is 1.76. The van der Waals surface area contributed by atoms with Gasteiger partial charge in [0.15, 0.2) is 5.82 Å². The van der Waals surface area contributed by atoms with Gasteiger partial charge in [-0.15, -0.1) is 0 Å². The summed E-state index contributed by atoms with van der Waals surface area (Å²) < 4.78 is 12.7. The highest BCUT2D eigenvalue weighted by molar-refractivity contribution is 6.35. The van der Waals surface area contributed by atoms with Crippen molar-refractivity contribution >= 4 is 28.9 Å². The zero-order valence-electron chi connectivity index (χ0n) is 4.87. The standard InChI is InChI=1S/C6H4Cl2FN/c7-3-1-2-4(8)6(10)5(3)9/h1-2H,10H2. The van der Waals surface area contributed by atoms with Crippen molar-refractivity contribution in [2.45, 2.75) is 0 Å². The van der Waals surface area contributed by atoms with Crippen molar-refractivity contribution in [1.29, 1.82) is 0 Å². The number of nitrogen functional groups attached to an aromatic ring is 1. The van der Waals surface area contributed by atoms with Crippen LogP contribution in [0.4, 0.5) is 10.1 Å². The van der Waals surface area contributed by atoms with E-state index in [2.05, 4.69) is 0 Å². The number of hydrogen-bond donors (Lipinski definition) is 1. The zero-order chi connectivity index (χ0) is 7.72. The largest absolute Gasteiger partial charge is 0.395 e. The summed E-state index contributed by atoms with van der Waals surface area (Å²) in [7, 11) is 0. The van der Waals surface area contributed by atoms with E-state index in [0.29, 0.717) is 0 Å². The average molecular weight is 180 g/mol. The molecule has 0 aliphatic carbocycles. The van der Waals surface area contributed by atoms with Crippen LogP contribution in [0.2, 0.25) is 10.0 Å². The Bertz CT molecular complexity index is 235. The van der Waals surface area contributed by atoms with Crippen molar-refractivity contribution in [2.75, 3.05) is 5.73 Å². The van der Waals surface area contributed by atoms with Crippen molar-refractivity contribution in [3.05, 3.63) is 28.0 Å². The van der Waals surface area contributed by atoms with Crippen LogP contribution in [-0.4, -0.2) is 0 Å². The summed E-state index contributed by atoms with van der Waals surface area (Å²) in [6.45, 7) is 0. The van der Waals surface area contributed by atoms with Crippen LogP contribution in [-0.2, 0) is 0 Å². The molecule has 0 spiro atoms. The quantitative estimate of drug-likeness (QED) is 0.482. The summed E-state index contributed by atoms with van der Waals surface area (Å²) in [6.07, 6.45) is 0. The van der Waals surface area contributed by atoms with Gasteiger partial charge in [-0.05, 0) is 12.1 Å². The van der Waals surface area contributed by atoms with Crippen molar-refractivity contribution in [3.8, 4) is 0 Å². The molecule has 1 rings (SSSR count). The Morgan fingerprint density at radius 3 is 2.20 bits per heavy atom. The second-order valence-corrected chi connectivity index (χ2v) is 2.57. The van der Waals surface area contributed by atoms with Crippen LogP contribution in [0.15, 0.2) is 12.1 Å². The zero-order valence-corrected chi connectivity index (χ0v) is 6.38. The summed E-state index contributed by atoms with van der Waals surface area (Å²) in [5.74, 6) is -0.658. The van der Waals surface area contributed by atoms with E-state index in [1.807, 2.05) is 0 Å². The molecule has 0 saturated carbocycles. The Hall–Kier alpha value is -0.470. The van der Waals surface area contributed by atoms with E-state index in [0.717, 1.165) is 0 Å². The molecule has 0 aromatic heterocycles. The Morgan fingerprint density at radius 2 is 1.70 bits per heavy atom. The van der Waals surface area contributed by atoms with Crippen molar-refractivity contribution in [3.63, 3.8) is 0 Å². The highest BCUT2D eigenvalue weighted by atomic mass is 35.5. The van der Waals surface area contributed by atoms with Crippen LogP contribution in [0.1, 0.15) is 0 Å². The third kappa shape index (κ3) is 1.18. The lowest BCUT2D eigenvalue weighted by atomic mass is 10.3. The number of nitrogens with two attached hydrogens (primary N) is 1. The first-order chi connectivity index (χ1) is 4.63. The molecule has 2 N–H and O–H groups in total. The molecule has 4 heteroatoms. The molecule has 0 saturated heterocycles. The van der Waals surface area contributed by atoms with Gasteiger partial charge < -0.3 is 5.73 Å². The summed E-state index contributed by atoms with van der Waals surface area (Å²) in [5, 5.41) is 0.170. The highest BCUT2D eigenvalue weighted by Gasteiger charge is 2.06. The minimum absolute atomic E-state index is 0.0121. The van der Waals surface area contributed by atoms with Gasteiger partial charge in [0, 0.05) is 0 Å². The SMILES string of the molecule is Nc1c(Cl)ccc(Cl)c1F. The molecule has 0 bridgehead atoms. The van der Waals surface area contributed by atoms with E-state index in [-0.39, 0.29) is 15.7 Å². The number of rotatable bonds is 0. The van der Waals surface area contributed by atoms with Crippen LogP contribution < -0.4 is 5.73 Å². The minimum atomic E-state index is -0.658. The molecule has 1 nitrogen and oxygen atoms in total. The molecule has 0 amide bonds. The van der Waals surface area contributed by atoms with Crippen molar-refractivity contribution in [2.24, 2.45) is 0 Å². The van der Waals surface area contributed by atoms with Crippen LogP contribution >= 0.6 is 23.2 Å². The molecule has 0 heterocycles. The fraction of sp³-hybridized carbons (Fsp3) is 0. The van der Waals surface area contributed by atoms with Gasteiger partial charge in [-0.2, -0.15) is 0 Å². The summed E-state index contributed by atoms with van der Waals surface area (Å²) >= 11 is 10.8. The summed E-state index contributed by atoms with van der Waals surface area (Å²) in [6, 6.07) is 2.80. The highest BCUT2D eigenvalue weighted by Crippen LogP contribution is 2.26. The van der Waals surface area contributed by atoms with Crippen LogP contribution in [0.5, 0.6) is 0 Å². The van der Waals surface area contributed by atoms with E-state index >= 15 is 0 Å². The second kappa shape index (κ2) is 2.64. The maximum Gasteiger partial charge on any atom is 0.166 e. The van der Waals surface area contributed by atoms with Gasteiger partial charge in [0.2, 0.25) is 0 Å². The number of benzene rings is 1. The molecular formula is C6H4Cl2FN.